The van der Waals surface area contributed by atoms with Gasteiger partial charge in [0.25, 0.3) is 0 Å². The molecule has 2 aromatic heterocycles. The summed E-state index contributed by atoms with van der Waals surface area (Å²) >= 11 is 3.48. The third-order valence-electron chi connectivity index (χ3n) is 4.03. The highest BCUT2D eigenvalue weighted by Gasteiger charge is 2.38. The van der Waals surface area contributed by atoms with Crippen LogP contribution in [0.2, 0.25) is 0 Å². The van der Waals surface area contributed by atoms with Gasteiger partial charge in [0.15, 0.2) is 0 Å². The second kappa shape index (κ2) is 8.74. The minimum absolute atomic E-state index is 0.620. The predicted molar refractivity (Wildman–Crippen MR) is 107 cm³/mol. The monoisotopic (exact) mass is 481 g/mol. The molecule has 4 rings (SSSR count). The summed E-state index contributed by atoms with van der Waals surface area (Å²) < 4.78 is 44.5. The number of carbonyl (C=O) groups is 1. The normalized spacial score (nSPS) is 11.2. The van der Waals surface area contributed by atoms with Gasteiger partial charge in [-0.05, 0) is 43.3 Å². The molecule has 2 aromatic carbocycles. The molecule has 156 valence electrons. The van der Waals surface area contributed by atoms with Crippen LogP contribution in [0.15, 0.2) is 67.9 Å². The van der Waals surface area contributed by atoms with E-state index in [1.54, 1.807) is 0 Å². The third-order valence-corrected chi connectivity index (χ3v) is 4.52. The van der Waals surface area contributed by atoms with Gasteiger partial charge >= 0.3 is 12.1 Å². The van der Waals surface area contributed by atoms with E-state index < -0.39 is 12.1 Å². The fourth-order valence-electron chi connectivity index (χ4n) is 2.62. The molecule has 9 heteroatoms. The molecule has 0 radical (unpaired) electrons. The van der Waals surface area contributed by atoms with Gasteiger partial charge in [-0.1, -0.05) is 34.1 Å². The number of alkyl halides is 3. The van der Waals surface area contributed by atoms with Gasteiger partial charge in [-0.15, -0.1) is 0 Å². The molecule has 1 N–H and O–H groups in total. The topological polar surface area (TPSA) is 76.5 Å². The Hall–Kier alpha value is -3.07. The molecule has 0 amide bonds. The van der Waals surface area contributed by atoms with E-state index in [1.807, 2.05) is 55.5 Å². The number of aryl methyl sites for hydroxylation is 1. The second-order valence-corrected chi connectivity index (χ2v) is 7.18. The number of hydrogen-bond acceptors (Lipinski definition) is 4. The number of halogens is 4. The van der Waals surface area contributed by atoms with Crippen molar-refractivity contribution in [1.82, 2.24) is 4.98 Å². The largest absolute Gasteiger partial charge is 0.490 e. The second-order valence-electron chi connectivity index (χ2n) is 6.26. The van der Waals surface area contributed by atoms with Gasteiger partial charge in [0, 0.05) is 15.4 Å². The molecular formula is C21H15BrF3NO4. The van der Waals surface area contributed by atoms with Crippen molar-refractivity contribution in [2.24, 2.45) is 0 Å². The first-order valence-corrected chi connectivity index (χ1v) is 9.42. The minimum Gasteiger partial charge on any atom is -0.475 e. The molecule has 0 saturated carbocycles. The Balaban J connectivity index is 0.000000318. The van der Waals surface area contributed by atoms with E-state index in [4.69, 9.17) is 18.7 Å². The molecule has 0 aliphatic heterocycles. The zero-order chi connectivity index (χ0) is 21.9. The van der Waals surface area contributed by atoms with Gasteiger partial charge in [0.05, 0.1) is 12.1 Å². The van der Waals surface area contributed by atoms with E-state index in [0.29, 0.717) is 12.3 Å². The number of carboxylic acids is 1. The molecule has 0 unspecified atom stereocenters. The summed E-state index contributed by atoms with van der Waals surface area (Å²) in [6.07, 6.45) is -4.46. The van der Waals surface area contributed by atoms with E-state index in [9.17, 15) is 13.2 Å². The lowest BCUT2D eigenvalue weighted by molar-refractivity contribution is -0.192. The predicted octanol–water partition coefficient (Wildman–Crippen LogP) is 6.38. The van der Waals surface area contributed by atoms with Crippen LogP contribution in [0.25, 0.3) is 22.4 Å². The number of rotatable bonds is 3. The lowest BCUT2D eigenvalue weighted by Crippen LogP contribution is -2.21. The van der Waals surface area contributed by atoms with Gasteiger partial charge in [-0.2, -0.15) is 13.2 Å². The van der Waals surface area contributed by atoms with Crippen molar-refractivity contribution < 1.29 is 31.9 Å². The van der Waals surface area contributed by atoms with Crippen LogP contribution in [0.1, 0.15) is 17.2 Å². The summed E-state index contributed by atoms with van der Waals surface area (Å²) in [5, 5.41) is 8.21. The molecule has 0 bridgehead atoms. The van der Waals surface area contributed by atoms with Crippen LogP contribution in [-0.2, 0) is 11.2 Å². The van der Waals surface area contributed by atoms with E-state index in [1.165, 1.54) is 0 Å². The number of furan rings is 1. The van der Waals surface area contributed by atoms with Crippen molar-refractivity contribution in [1.29, 1.82) is 0 Å². The smallest absolute Gasteiger partial charge is 0.475 e. The Morgan fingerprint density at radius 1 is 1.10 bits per heavy atom. The van der Waals surface area contributed by atoms with Gasteiger partial charge in [-0.25, -0.2) is 9.78 Å². The fourth-order valence-corrected chi connectivity index (χ4v) is 3.00. The van der Waals surface area contributed by atoms with Gasteiger partial charge in [-0.3, -0.25) is 0 Å². The first kappa shape index (κ1) is 21.6. The molecule has 4 aromatic rings. The standard InChI is InChI=1S/C19H14BrNO2.C2HF3O2/c1-12-17(21-19(22-12)13-5-3-2-4-6-13)11-16-10-14-9-15(20)7-8-18(14)23-16;3-2(4,5)1(6)7/h2-10H,11H2,1H3;(H,6,7). The van der Waals surface area contributed by atoms with Crippen LogP contribution in [0, 0.1) is 6.92 Å². The average Bonchev–Trinajstić information content (AvgIpc) is 3.25. The fraction of sp³-hybridized carbons (Fsp3) is 0.143. The molecule has 5 nitrogen and oxygen atoms in total. The lowest BCUT2D eigenvalue weighted by Gasteiger charge is -1.93. The highest BCUT2D eigenvalue weighted by Crippen LogP contribution is 2.27. The Morgan fingerprint density at radius 3 is 2.40 bits per heavy atom. The van der Waals surface area contributed by atoms with Crippen molar-refractivity contribution in [3.63, 3.8) is 0 Å². The minimum atomic E-state index is -5.08. The number of benzene rings is 2. The van der Waals surface area contributed by atoms with Gasteiger partial charge < -0.3 is 13.9 Å². The van der Waals surface area contributed by atoms with E-state index in [0.717, 1.165) is 38.2 Å². The summed E-state index contributed by atoms with van der Waals surface area (Å²) in [5.41, 5.74) is 2.77. The summed E-state index contributed by atoms with van der Waals surface area (Å²) in [6.45, 7) is 1.94. The van der Waals surface area contributed by atoms with Crippen molar-refractivity contribution in [2.75, 3.05) is 0 Å². The number of nitrogens with zero attached hydrogens (tertiary/aromatic N) is 1. The van der Waals surface area contributed by atoms with Crippen LogP contribution in [0.4, 0.5) is 13.2 Å². The lowest BCUT2D eigenvalue weighted by atomic mass is 10.2. The van der Waals surface area contributed by atoms with Gasteiger partial charge in [0.1, 0.15) is 17.1 Å². The van der Waals surface area contributed by atoms with E-state index >= 15 is 0 Å². The molecule has 0 spiro atoms. The third kappa shape index (κ3) is 5.29. The number of aromatic nitrogens is 1. The highest BCUT2D eigenvalue weighted by molar-refractivity contribution is 9.10. The van der Waals surface area contributed by atoms with Crippen LogP contribution >= 0.6 is 15.9 Å². The quantitative estimate of drug-likeness (QED) is 0.367. The van der Waals surface area contributed by atoms with Crippen LogP contribution in [0.5, 0.6) is 0 Å². The molecule has 0 aliphatic carbocycles. The maximum absolute atomic E-state index is 10.6. The SMILES string of the molecule is Cc1oc(-c2ccccc2)nc1Cc1cc2cc(Br)ccc2o1.O=C(O)C(F)(F)F. The molecule has 0 saturated heterocycles. The van der Waals surface area contributed by atoms with Gasteiger partial charge in [0.2, 0.25) is 5.89 Å². The zero-order valence-electron chi connectivity index (χ0n) is 15.5. The highest BCUT2D eigenvalue weighted by atomic mass is 79.9. The summed E-state index contributed by atoms with van der Waals surface area (Å²) in [5.74, 6) is -0.399. The number of oxazole rings is 1. The summed E-state index contributed by atoms with van der Waals surface area (Å²) in [6, 6.07) is 18.0. The maximum Gasteiger partial charge on any atom is 0.490 e. The van der Waals surface area contributed by atoms with Crippen LogP contribution < -0.4 is 0 Å². The van der Waals surface area contributed by atoms with Crippen LogP contribution in [-0.4, -0.2) is 22.2 Å². The van der Waals surface area contributed by atoms with E-state index in [-0.39, 0.29) is 0 Å². The number of hydrogen-bond donors (Lipinski definition) is 1. The number of carboxylic acid groups (broad SMARTS) is 1. The summed E-state index contributed by atoms with van der Waals surface area (Å²) in [7, 11) is 0. The van der Waals surface area contributed by atoms with Crippen molar-refractivity contribution in [2.45, 2.75) is 19.5 Å². The number of fused-ring (bicyclic) bond motifs is 1. The Labute approximate surface area is 177 Å². The molecule has 30 heavy (non-hydrogen) atoms. The molecule has 0 fully saturated rings. The first-order valence-electron chi connectivity index (χ1n) is 8.63. The van der Waals surface area contributed by atoms with E-state index in [2.05, 4.69) is 27.0 Å². The Bertz CT molecular complexity index is 1170. The maximum atomic E-state index is 10.6. The molecule has 0 atom stereocenters. The average molecular weight is 482 g/mol. The first-order chi connectivity index (χ1) is 14.1. The van der Waals surface area contributed by atoms with Crippen molar-refractivity contribution in [3.8, 4) is 11.5 Å². The Kier molecular flexibility index (Phi) is 6.31. The molecular weight excluding hydrogens is 467 g/mol. The zero-order valence-corrected chi connectivity index (χ0v) is 17.1. The molecule has 0 aliphatic rings. The van der Waals surface area contributed by atoms with Crippen molar-refractivity contribution in [3.05, 3.63) is 76.3 Å². The Morgan fingerprint density at radius 2 is 1.77 bits per heavy atom. The number of aliphatic carboxylic acids is 1. The summed E-state index contributed by atoms with van der Waals surface area (Å²) in [4.78, 5) is 13.5. The van der Waals surface area contributed by atoms with Crippen molar-refractivity contribution >= 4 is 32.9 Å². The molecule has 2 heterocycles. The van der Waals surface area contributed by atoms with Crippen LogP contribution in [0.3, 0.4) is 0 Å².